The van der Waals surface area contributed by atoms with E-state index in [1.807, 2.05) is 65.7 Å². The lowest BCUT2D eigenvalue weighted by Gasteiger charge is -2.29. The summed E-state index contributed by atoms with van der Waals surface area (Å²) in [5.41, 5.74) is 1.53. The van der Waals surface area contributed by atoms with E-state index >= 15 is 0 Å². The predicted molar refractivity (Wildman–Crippen MR) is 105 cm³/mol. The number of carbonyl (C=O) groups is 3. The quantitative estimate of drug-likeness (QED) is 0.823. The SMILES string of the molecule is O=C1SCCC1NC(=O)C1CN(c2ccccc2)N(c2ccccc2)C1=O. The zero-order chi connectivity index (χ0) is 18.8. The molecule has 7 heteroatoms. The molecule has 2 saturated heterocycles. The fourth-order valence-corrected chi connectivity index (χ4v) is 4.28. The van der Waals surface area contributed by atoms with E-state index in [9.17, 15) is 14.4 Å². The topological polar surface area (TPSA) is 69.7 Å². The molecule has 27 heavy (non-hydrogen) atoms. The van der Waals surface area contributed by atoms with E-state index in [2.05, 4.69) is 5.32 Å². The number of amides is 2. The average molecular weight is 381 g/mol. The molecule has 0 aliphatic carbocycles. The van der Waals surface area contributed by atoms with Gasteiger partial charge in [0.1, 0.15) is 5.92 Å². The number of thioether (sulfide) groups is 1. The van der Waals surface area contributed by atoms with Gasteiger partial charge in [0.25, 0.3) is 5.91 Å². The van der Waals surface area contributed by atoms with Gasteiger partial charge in [-0.15, -0.1) is 0 Å². The third kappa shape index (κ3) is 3.42. The van der Waals surface area contributed by atoms with Gasteiger partial charge in [0.05, 0.1) is 24.0 Å². The van der Waals surface area contributed by atoms with E-state index in [-0.39, 0.29) is 23.5 Å². The number of benzene rings is 2. The number of nitrogens with zero attached hydrogens (tertiary/aromatic N) is 2. The Balaban J connectivity index is 1.62. The zero-order valence-corrected chi connectivity index (χ0v) is 15.4. The van der Waals surface area contributed by atoms with Crippen molar-refractivity contribution in [2.75, 3.05) is 22.3 Å². The molecule has 2 fully saturated rings. The van der Waals surface area contributed by atoms with E-state index in [1.54, 1.807) is 5.01 Å². The van der Waals surface area contributed by atoms with Crippen LogP contribution in [0, 0.1) is 5.92 Å². The number of carbonyl (C=O) groups excluding carboxylic acids is 3. The molecular formula is C20H19N3O3S. The van der Waals surface area contributed by atoms with Gasteiger partial charge in [-0.1, -0.05) is 48.2 Å². The summed E-state index contributed by atoms with van der Waals surface area (Å²) in [6.45, 7) is 0.234. The third-order valence-corrected chi connectivity index (χ3v) is 5.74. The highest BCUT2D eigenvalue weighted by Crippen LogP contribution is 2.31. The van der Waals surface area contributed by atoms with Crippen molar-refractivity contribution >= 4 is 40.1 Å². The second kappa shape index (κ2) is 7.44. The minimum absolute atomic E-state index is 0.0337. The zero-order valence-electron chi connectivity index (χ0n) is 14.6. The van der Waals surface area contributed by atoms with Crippen LogP contribution in [-0.4, -0.2) is 35.3 Å². The second-order valence-electron chi connectivity index (χ2n) is 6.47. The minimum Gasteiger partial charge on any atom is -0.345 e. The highest BCUT2D eigenvalue weighted by molar-refractivity contribution is 8.14. The normalized spacial score (nSPS) is 22.4. The van der Waals surface area contributed by atoms with E-state index in [0.717, 1.165) is 5.69 Å². The number of hydrogen-bond donors (Lipinski definition) is 1. The molecule has 138 valence electrons. The van der Waals surface area contributed by atoms with Crippen LogP contribution in [0.5, 0.6) is 0 Å². The molecule has 2 heterocycles. The van der Waals surface area contributed by atoms with Crippen LogP contribution in [0.25, 0.3) is 0 Å². The lowest BCUT2D eigenvalue weighted by molar-refractivity contribution is -0.133. The van der Waals surface area contributed by atoms with Gasteiger partial charge < -0.3 is 5.32 Å². The Morgan fingerprint density at radius 1 is 0.963 bits per heavy atom. The number of nitrogens with one attached hydrogen (secondary N) is 1. The Morgan fingerprint density at radius 2 is 1.59 bits per heavy atom. The minimum atomic E-state index is -0.858. The molecule has 4 rings (SSSR count). The van der Waals surface area contributed by atoms with Gasteiger partial charge in [0.2, 0.25) is 11.0 Å². The molecule has 2 unspecified atom stereocenters. The molecule has 0 bridgehead atoms. The smallest absolute Gasteiger partial charge is 0.260 e. The molecule has 0 aromatic heterocycles. The van der Waals surface area contributed by atoms with Crippen LogP contribution in [0.2, 0.25) is 0 Å². The molecule has 0 radical (unpaired) electrons. The number of hydrazine groups is 1. The van der Waals surface area contributed by atoms with Crippen molar-refractivity contribution in [3.8, 4) is 0 Å². The first-order valence-corrected chi connectivity index (χ1v) is 9.82. The van der Waals surface area contributed by atoms with Crippen LogP contribution in [0.15, 0.2) is 60.7 Å². The molecule has 6 nitrogen and oxygen atoms in total. The molecule has 2 atom stereocenters. The summed E-state index contributed by atoms with van der Waals surface area (Å²) in [7, 11) is 0. The summed E-state index contributed by atoms with van der Waals surface area (Å²) in [6, 6.07) is 18.3. The molecular weight excluding hydrogens is 362 g/mol. The third-order valence-electron chi connectivity index (χ3n) is 4.73. The number of para-hydroxylation sites is 2. The standard InChI is InChI=1S/C20H19N3O3S/c24-18(21-17-11-12-27-20(17)26)16-13-22(14-7-3-1-4-8-14)23(19(16)25)15-9-5-2-6-10-15/h1-10,16-17H,11-13H2,(H,21,24). The largest absolute Gasteiger partial charge is 0.345 e. The first kappa shape index (κ1) is 17.6. The van der Waals surface area contributed by atoms with E-state index < -0.39 is 12.0 Å². The summed E-state index contributed by atoms with van der Waals surface area (Å²) < 4.78 is 0. The van der Waals surface area contributed by atoms with Crippen LogP contribution in [0.4, 0.5) is 11.4 Å². The van der Waals surface area contributed by atoms with Gasteiger partial charge in [-0.25, -0.2) is 5.01 Å². The van der Waals surface area contributed by atoms with Gasteiger partial charge in [-0.05, 0) is 30.7 Å². The van der Waals surface area contributed by atoms with E-state index in [1.165, 1.54) is 11.8 Å². The molecule has 1 N–H and O–H groups in total. The average Bonchev–Trinajstić information content (AvgIpc) is 3.26. The molecule has 2 amide bonds. The van der Waals surface area contributed by atoms with Crippen molar-refractivity contribution in [3.63, 3.8) is 0 Å². The van der Waals surface area contributed by atoms with Crippen molar-refractivity contribution in [2.45, 2.75) is 12.5 Å². The number of hydrogen-bond acceptors (Lipinski definition) is 5. The van der Waals surface area contributed by atoms with Crippen LogP contribution in [-0.2, 0) is 14.4 Å². The van der Waals surface area contributed by atoms with Gasteiger partial charge in [-0.2, -0.15) is 0 Å². The van der Waals surface area contributed by atoms with Crippen molar-refractivity contribution in [1.29, 1.82) is 0 Å². The fraction of sp³-hybridized carbons (Fsp3) is 0.250. The van der Waals surface area contributed by atoms with Crippen molar-refractivity contribution < 1.29 is 14.4 Å². The summed E-state index contributed by atoms with van der Waals surface area (Å²) in [5, 5.41) is 6.09. The summed E-state index contributed by atoms with van der Waals surface area (Å²) in [4.78, 5) is 37.7. The van der Waals surface area contributed by atoms with Crippen LogP contribution >= 0.6 is 11.8 Å². The van der Waals surface area contributed by atoms with Crippen LogP contribution in [0.3, 0.4) is 0 Å². The maximum Gasteiger partial charge on any atom is 0.260 e. The highest BCUT2D eigenvalue weighted by atomic mass is 32.2. The Hall–Kier alpha value is -2.80. The van der Waals surface area contributed by atoms with Crippen LogP contribution in [0.1, 0.15) is 6.42 Å². The molecule has 2 aromatic rings. The summed E-state index contributed by atoms with van der Waals surface area (Å²) >= 11 is 1.23. The van der Waals surface area contributed by atoms with Crippen molar-refractivity contribution in [1.82, 2.24) is 5.32 Å². The van der Waals surface area contributed by atoms with Gasteiger partial charge in [0.15, 0.2) is 0 Å². The van der Waals surface area contributed by atoms with Crippen molar-refractivity contribution in [2.24, 2.45) is 5.92 Å². The Kier molecular flexibility index (Phi) is 4.85. The second-order valence-corrected chi connectivity index (χ2v) is 7.57. The van der Waals surface area contributed by atoms with Gasteiger partial charge in [0, 0.05) is 5.75 Å². The highest BCUT2D eigenvalue weighted by Gasteiger charge is 2.44. The van der Waals surface area contributed by atoms with Gasteiger partial charge in [-0.3, -0.25) is 19.4 Å². The van der Waals surface area contributed by atoms with E-state index in [4.69, 9.17) is 0 Å². The number of anilines is 2. The molecule has 0 spiro atoms. The molecule has 2 aromatic carbocycles. The lowest BCUT2D eigenvalue weighted by Crippen LogP contribution is -2.44. The first-order valence-electron chi connectivity index (χ1n) is 8.83. The summed E-state index contributed by atoms with van der Waals surface area (Å²) in [6.07, 6.45) is 0.612. The Labute approximate surface area is 161 Å². The maximum atomic E-state index is 13.1. The fourth-order valence-electron chi connectivity index (χ4n) is 3.35. The summed E-state index contributed by atoms with van der Waals surface area (Å²) in [5.74, 6) is -0.834. The van der Waals surface area contributed by atoms with E-state index in [0.29, 0.717) is 17.9 Å². The molecule has 2 aliphatic heterocycles. The van der Waals surface area contributed by atoms with Gasteiger partial charge >= 0.3 is 0 Å². The predicted octanol–water partition coefficient (Wildman–Crippen LogP) is 2.22. The Morgan fingerprint density at radius 3 is 2.19 bits per heavy atom. The van der Waals surface area contributed by atoms with Crippen molar-refractivity contribution in [3.05, 3.63) is 60.7 Å². The molecule has 2 aliphatic rings. The van der Waals surface area contributed by atoms with Crippen LogP contribution < -0.4 is 15.3 Å². The number of rotatable bonds is 4. The monoisotopic (exact) mass is 381 g/mol. The lowest BCUT2D eigenvalue weighted by atomic mass is 10.1. The first-order chi connectivity index (χ1) is 13.1. The molecule has 0 saturated carbocycles. The Bertz CT molecular complexity index is 859. The maximum absolute atomic E-state index is 13.1.